The molecule has 9 heteroatoms. The zero-order valence-electron chi connectivity index (χ0n) is 14.3. The van der Waals surface area contributed by atoms with E-state index in [4.69, 9.17) is 10.5 Å². The highest BCUT2D eigenvalue weighted by Crippen LogP contribution is 2.18. The fourth-order valence-corrected chi connectivity index (χ4v) is 3.34. The van der Waals surface area contributed by atoms with E-state index in [-0.39, 0.29) is 10.8 Å². The molecule has 2 amide bonds. The Morgan fingerprint density at radius 3 is 2.70 bits per heavy atom. The van der Waals surface area contributed by atoms with Gasteiger partial charge in [0.1, 0.15) is 17.2 Å². The van der Waals surface area contributed by atoms with E-state index in [1.54, 1.807) is 17.4 Å². The summed E-state index contributed by atoms with van der Waals surface area (Å²) in [6, 6.07) is 7.35. The van der Waals surface area contributed by atoms with Gasteiger partial charge in [-0.1, -0.05) is 23.5 Å². The maximum Gasteiger partial charge on any atom is 0.260 e. The number of anilines is 1. The SMILES string of the molecule is Cc1nc(COc2ccc(/C=C/C(=O)Nc3ncc(C(N)=O)s3)cc2)cs1. The molecule has 7 nitrogen and oxygen atoms in total. The van der Waals surface area contributed by atoms with Crippen LogP contribution >= 0.6 is 22.7 Å². The van der Waals surface area contributed by atoms with Crippen LogP contribution in [0, 0.1) is 6.92 Å². The summed E-state index contributed by atoms with van der Waals surface area (Å²) in [7, 11) is 0. The number of rotatable bonds is 7. The van der Waals surface area contributed by atoms with Crippen LogP contribution in [0.3, 0.4) is 0 Å². The molecule has 0 aliphatic rings. The van der Waals surface area contributed by atoms with Crippen molar-refractivity contribution in [1.29, 1.82) is 0 Å². The lowest BCUT2D eigenvalue weighted by atomic mass is 10.2. The molecule has 3 aromatic rings. The van der Waals surface area contributed by atoms with Crippen molar-refractivity contribution in [2.45, 2.75) is 13.5 Å². The predicted molar refractivity (Wildman–Crippen MR) is 106 cm³/mol. The van der Waals surface area contributed by atoms with Gasteiger partial charge >= 0.3 is 0 Å². The van der Waals surface area contributed by atoms with E-state index in [0.29, 0.717) is 11.7 Å². The minimum atomic E-state index is -0.573. The number of ether oxygens (including phenoxy) is 1. The van der Waals surface area contributed by atoms with Crippen molar-refractivity contribution in [1.82, 2.24) is 9.97 Å². The van der Waals surface area contributed by atoms with E-state index in [1.165, 1.54) is 12.3 Å². The van der Waals surface area contributed by atoms with Crippen molar-refractivity contribution in [3.63, 3.8) is 0 Å². The van der Waals surface area contributed by atoms with Crippen LogP contribution in [0.25, 0.3) is 6.08 Å². The normalized spacial score (nSPS) is 10.9. The Labute approximate surface area is 163 Å². The number of hydrogen-bond donors (Lipinski definition) is 2. The van der Waals surface area contributed by atoms with Gasteiger partial charge in [-0.05, 0) is 30.7 Å². The first kappa shape index (κ1) is 18.7. The summed E-state index contributed by atoms with van der Waals surface area (Å²) in [5, 5.41) is 5.88. The van der Waals surface area contributed by atoms with Gasteiger partial charge in [-0.2, -0.15) is 0 Å². The molecular formula is C18H16N4O3S2. The highest BCUT2D eigenvalue weighted by molar-refractivity contribution is 7.17. The van der Waals surface area contributed by atoms with Crippen molar-refractivity contribution in [2.75, 3.05) is 5.32 Å². The second kappa shape index (κ2) is 8.56. The monoisotopic (exact) mass is 400 g/mol. The van der Waals surface area contributed by atoms with E-state index < -0.39 is 5.91 Å². The van der Waals surface area contributed by atoms with E-state index in [1.807, 2.05) is 36.6 Å². The molecule has 0 radical (unpaired) electrons. The number of nitrogens with zero attached hydrogens (tertiary/aromatic N) is 2. The number of aryl methyl sites for hydroxylation is 1. The molecule has 27 heavy (non-hydrogen) atoms. The molecule has 0 saturated carbocycles. The topological polar surface area (TPSA) is 107 Å². The van der Waals surface area contributed by atoms with Gasteiger partial charge in [0.2, 0.25) is 5.91 Å². The van der Waals surface area contributed by atoms with Crippen molar-refractivity contribution in [3.8, 4) is 5.75 Å². The summed E-state index contributed by atoms with van der Waals surface area (Å²) in [6.45, 7) is 2.37. The Bertz CT molecular complexity index is 977. The Hall–Kier alpha value is -3.04. The van der Waals surface area contributed by atoms with Crippen molar-refractivity contribution in [2.24, 2.45) is 5.73 Å². The van der Waals surface area contributed by atoms with Crippen LogP contribution in [-0.4, -0.2) is 21.8 Å². The number of thiazole rings is 2. The number of hydrogen-bond acceptors (Lipinski definition) is 7. The van der Waals surface area contributed by atoms with Gasteiger partial charge in [0.25, 0.3) is 5.91 Å². The zero-order valence-corrected chi connectivity index (χ0v) is 16.0. The predicted octanol–water partition coefficient (Wildman–Crippen LogP) is 3.24. The Kier molecular flexibility index (Phi) is 5.94. The summed E-state index contributed by atoms with van der Waals surface area (Å²) >= 11 is 2.62. The third-order valence-corrected chi connectivity index (χ3v) is 5.09. The molecule has 1 aromatic carbocycles. The molecule has 138 valence electrons. The second-order valence-electron chi connectivity index (χ2n) is 5.43. The lowest BCUT2D eigenvalue weighted by Gasteiger charge is -2.04. The van der Waals surface area contributed by atoms with E-state index in [9.17, 15) is 9.59 Å². The van der Waals surface area contributed by atoms with Crippen LogP contribution in [0.1, 0.15) is 25.9 Å². The third kappa shape index (κ3) is 5.47. The number of amides is 2. The standard InChI is InChI=1S/C18H16N4O3S2/c1-11-21-13(10-26-11)9-25-14-5-2-12(3-6-14)4-7-16(23)22-18-20-8-15(27-18)17(19)24/h2-8,10H,9H2,1H3,(H2,19,24)(H,20,22,23)/b7-4+. The molecular weight excluding hydrogens is 384 g/mol. The van der Waals surface area contributed by atoms with Crippen LogP contribution in [0.4, 0.5) is 5.13 Å². The smallest absolute Gasteiger partial charge is 0.260 e. The number of nitrogens with two attached hydrogens (primary N) is 1. The summed E-state index contributed by atoms with van der Waals surface area (Å²) in [5.74, 6) is -0.195. The Morgan fingerprint density at radius 1 is 1.30 bits per heavy atom. The first-order valence-corrected chi connectivity index (χ1v) is 9.58. The van der Waals surface area contributed by atoms with E-state index in [2.05, 4.69) is 15.3 Å². The molecule has 3 rings (SSSR count). The first-order valence-electron chi connectivity index (χ1n) is 7.88. The summed E-state index contributed by atoms with van der Waals surface area (Å²) < 4.78 is 5.68. The number of aromatic nitrogens is 2. The van der Waals surface area contributed by atoms with Crippen molar-refractivity contribution in [3.05, 3.63) is 63.1 Å². The van der Waals surface area contributed by atoms with Crippen molar-refractivity contribution >= 4 is 45.7 Å². The lowest BCUT2D eigenvalue weighted by Crippen LogP contribution is -2.08. The maximum absolute atomic E-state index is 11.9. The van der Waals surface area contributed by atoms with Crippen LogP contribution in [-0.2, 0) is 11.4 Å². The molecule has 3 N–H and O–H groups in total. The largest absolute Gasteiger partial charge is 0.487 e. The highest BCUT2D eigenvalue weighted by Gasteiger charge is 2.08. The minimum Gasteiger partial charge on any atom is -0.487 e. The molecule has 0 atom stereocenters. The van der Waals surface area contributed by atoms with Gasteiger partial charge in [0.15, 0.2) is 5.13 Å². The molecule has 0 saturated heterocycles. The van der Waals surface area contributed by atoms with Gasteiger partial charge in [-0.25, -0.2) is 9.97 Å². The summed E-state index contributed by atoms with van der Waals surface area (Å²) in [4.78, 5) is 31.5. The molecule has 0 bridgehead atoms. The minimum absolute atomic E-state index is 0.290. The first-order chi connectivity index (χ1) is 13.0. The fraction of sp³-hybridized carbons (Fsp3) is 0.111. The molecule has 0 aliphatic carbocycles. The number of primary amides is 1. The van der Waals surface area contributed by atoms with Crippen LogP contribution in [0.5, 0.6) is 5.75 Å². The number of carbonyl (C=O) groups excluding carboxylic acids is 2. The van der Waals surface area contributed by atoms with Gasteiger partial charge in [-0.3, -0.25) is 14.9 Å². The molecule has 0 fully saturated rings. The third-order valence-electron chi connectivity index (χ3n) is 3.34. The summed E-state index contributed by atoms with van der Waals surface area (Å²) in [5.41, 5.74) is 6.90. The van der Waals surface area contributed by atoms with E-state index >= 15 is 0 Å². The quantitative estimate of drug-likeness (QED) is 0.592. The number of benzene rings is 1. The van der Waals surface area contributed by atoms with Crippen LogP contribution in [0.2, 0.25) is 0 Å². The molecule has 0 aliphatic heterocycles. The van der Waals surface area contributed by atoms with Crippen LogP contribution < -0.4 is 15.8 Å². The van der Waals surface area contributed by atoms with E-state index in [0.717, 1.165) is 33.4 Å². The Morgan fingerprint density at radius 2 is 2.07 bits per heavy atom. The fourth-order valence-electron chi connectivity index (χ4n) is 2.07. The maximum atomic E-state index is 11.9. The zero-order chi connectivity index (χ0) is 19.2. The van der Waals surface area contributed by atoms with Gasteiger partial charge in [0.05, 0.1) is 16.9 Å². The summed E-state index contributed by atoms with van der Waals surface area (Å²) in [6.07, 6.45) is 4.39. The molecule has 2 heterocycles. The highest BCUT2D eigenvalue weighted by atomic mass is 32.1. The second-order valence-corrected chi connectivity index (χ2v) is 7.52. The van der Waals surface area contributed by atoms with Gasteiger partial charge in [0, 0.05) is 11.5 Å². The lowest BCUT2D eigenvalue weighted by molar-refractivity contribution is -0.111. The van der Waals surface area contributed by atoms with Crippen molar-refractivity contribution < 1.29 is 14.3 Å². The van der Waals surface area contributed by atoms with Crippen LogP contribution in [0.15, 0.2) is 41.9 Å². The average molecular weight is 400 g/mol. The van der Waals surface area contributed by atoms with Gasteiger partial charge < -0.3 is 10.5 Å². The average Bonchev–Trinajstić information content (AvgIpc) is 3.28. The van der Waals surface area contributed by atoms with Gasteiger partial charge in [-0.15, -0.1) is 11.3 Å². The molecule has 2 aromatic heterocycles. The Balaban J connectivity index is 1.52. The molecule has 0 unspecified atom stereocenters. The molecule has 0 spiro atoms. The number of nitrogens with one attached hydrogen (secondary N) is 1. The number of carbonyl (C=O) groups is 2.